The van der Waals surface area contributed by atoms with E-state index in [0.29, 0.717) is 0 Å². The van der Waals surface area contributed by atoms with E-state index in [4.69, 9.17) is 5.73 Å². The van der Waals surface area contributed by atoms with E-state index >= 15 is 0 Å². The van der Waals surface area contributed by atoms with Gasteiger partial charge in [0, 0.05) is 13.0 Å². The number of nitrogens with two attached hydrogens (primary N) is 1. The Morgan fingerprint density at radius 3 is 2.65 bits per heavy atom. The van der Waals surface area contributed by atoms with Gasteiger partial charge in [-0.2, -0.15) is 0 Å². The van der Waals surface area contributed by atoms with Gasteiger partial charge in [0.05, 0.1) is 5.25 Å². The molecule has 1 aromatic carbocycles. The highest BCUT2D eigenvalue weighted by Gasteiger charge is 2.17. The zero-order chi connectivity index (χ0) is 14.5. The van der Waals surface area contributed by atoms with Crippen molar-refractivity contribution in [1.82, 2.24) is 14.8 Å². The summed E-state index contributed by atoms with van der Waals surface area (Å²) in [5.74, 6) is 0.558. The van der Waals surface area contributed by atoms with Crippen molar-refractivity contribution in [2.45, 2.75) is 37.2 Å². The van der Waals surface area contributed by atoms with E-state index in [2.05, 4.69) is 22.3 Å². The van der Waals surface area contributed by atoms with Crippen LogP contribution in [0.25, 0.3) is 0 Å². The Kier molecular flexibility index (Phi) is 4.79. The lowest BCUT2D eigenvalue weighted by molar-refractivity contribution is -0.117. The highest BCUT2D eigenvalue weighted by Crippen LogP contribution is 2.22. The molecule has 0 bridgehead atoms. The van der Waals surface area contributed by atoms with Gasteiger partial charge in [0.15, 0.2) is 5.16 Å². The Bertz CT molecular complexity index is 582. The highest BCUT2D eigenvalue weighted by molar-refractivity contribution is 8.00. The minimum Gasteiger partial charge on any atom is -0.369 e. The topological polar surface area (TPSA) is 73.8 Å². The zero-order valence-corrected chi connectivity index (χ0v) is 12.4. The third-order valence-electron chi connectivity index (χ3n) is 3.00. The largest absolute Gasteiger partial charge is 0.369 e. The Balaban J connectivity index is 2.19. The number of nitrogens with zero attached hydrogens (tertiary/aromatic N) is 3. The molecule has 6 heteroatoms. The molecule has 2 rings (SSSR count). The van der Waals surface area contributed by atoms with Crippen LogP contribution in [0, 0.1) is 0 Å². The van der Waals surface area contributed by atoms with Gasteiger partial charge in [-0.3, -0.25) is 4.79 Å². The molecule has 0 radical (unpaired) electrons. The first kappa shape index (κ1) is 14.6. The second-order valence-corrected chi connectivity index (χ2v) is 5.78. The van der Waals surface area contributed by atoms with Gasteiger partial charge in [-0.1, -0.05) is 42.1 Å². The van der Waals surface area contributed by atoms with Crippen molar-refractivity contribution in [2.75, 3.05) is 0 Å². The molecule has 0 saturated carbocycles. The SMILES string of the molecule is CCn1c(Cc2ccccc2)nnc1S[C@@H](C)C(N)=O. The maximum atomic E-state index is 11.1. The van der Waals surface area contributed by atoms with Gasteiger partial charge in [-0.15, -0.1) is 10.2 Å². The molecular weight excluding hydrogens is 272 g/mol. The first-order chi connectivity index (χ1) is 9.61. The van der Waals surface area contributed by atoms with E-state index in [9.17, 15) is 4.79 Å². The number of hydrogen-bond acceptors (Lipinski definition) is 4. The summed E-state index contributed by atoms with van der Waals surface area (Å²) in [7, 11) is 0. The Hall–Kier alpha value is -1.82. The minimum absolute atomic E-state index is 0.311. The summed E-state index contributed by atoms with van der Waals surface area (Å²) in [6.07, 6.45) is 0.729. The first-order valence-electron chi connectivity index (χ1n) is 6.53. The Morgan fingerprint density at radius 2 is 2.05 bits per heavy atom. The summed E-state index contributed by atoms with van der Waals surface area (Å²) in [4.78, 5) is 11.1. The molecule has 0 unspecified atom stereocenters. The van der Waals surface area contributed by atoms with Gasteiger partial charge in [0.25, 0.3) is 0 Å². The predicted octanol–water partition coefficient (Wildman–Crippen LogP) is 1.85. The molecule has 0 saturated heterocycles. The third-order valence-corrected chi connectivity index (χ3v) is 4.10. The molecule has 1 aromatic heterocycles. The third kappa shape index (κ3) is 3.39. The summed E-state index contributed by atoms with van der Waals surface area (Å²) in [6.45, 7) is 4.58. The molecule has 1 atom stereocenters. The second-order valence-electron chi connectivity index (χ2n) is 4.47. The van der Waals surface area contributed by atoms with Crippen molar-refractivity contribution in [3.8, 4) is 0 Å². The standard InChI is InChI=1S/C14H18N4OS/c1-3-18-12(9-11-7-5-4-6-8-11)16-17-14(18)20-10(2)13(15)19/h4-8,10H,3,9H2,1-2H3,(H2,15,19)/t10-/m0/s1. The molecule has 2 aromatic rings. The van der Waals surface area contributed by atoms with E-state index in [0.717, 1.165) is 23.9 Å². The van der Waals surface area contributed by atoms with Crippen LogP contribution in [-0.2, 0) is 17.8 Å². The fraction of sp³-hybridized carbons (Fsp3) is 0.357. The quantitative estimate of drug-likeness (QED) is 0.824. The van der Waals surface area contributed by atoms with Gasteiger partial charge in [0.1, 0.15) is 5.82 Å². The molecule has 0 aliphatic heterocycles. The smallest absolute Gasteiger partial charge is 0.230 e. The normalized spacial score (nSPS) is 12.3. The van der Waals surface area contributed by atoms with Gasteiger partial charge < -0.3 is 10.3 Å². The van der Waals surface area contributed by atoms with Crippen LogP contribution in [0.2, 0.25) is 0 Å². The summed E-state index contributed by atoms with van der Waals surface area (Å²) >= 11 is 1.35. The van der Waals surface area contributed by atoms with E-state index < -0.39 is 0 Å². The molecule has 1 heterocycles. The minimum atomic E-state index is -0.342. The van der Waals surface area contributed by atoms with Crippen molar-refractivity contribution in [3.05, 3.63) is 41.7 Å². The summed E-state index contributed by atoms with van der Waals surface area (Å²) < 4.78 is 2.02. The van der Waals surface area contributed by atoms with Gasteiger partial charge in [0.2, 0.25) is 5.91 Å². The van der Waals surface area contributed by atoms with Crippen LogP contribution in [0.5, 0.6) is 0 Å². The highest BCUT2D eigenvalue weighted by atomic mass is 32.2. The molecule has 0 aliphatic carbocycles. The molecular formula is C14H18N4OS. The van der Waals surface area contributed by atoms with Crippen molar-refractivity contribution >= 4 is 17.7 Å². The number of aromatic nitrogens is 3. The maximum absolute atomic E-state index is 11.1. The number of hydrogen-bond donors (Lipinski definition) is 1. The molecule has 20 heavy (non-hydrogen) atoms. The average molecular weight is 290 g/mol. The molecule has 0 aliphatic rings. The van der Waals surface area contributed by atoms with Gasteiger partial charge in [-0.05, 0) is 19.4 Å². The number of benzene rings is 1. The number of carbonyl (C=O) groups excluding carboxylic acids is 1. The maximum Gasteiger partial charge on any atom is 0.230 e. The number of rotatable bonds is 6. The lowest BCUT2D eigenvalue weighted by Crippen LogP contribution is -2.23. The van der Waals surface area contributed by atoms with Crippen LogP contribution < -0.4 is 5.73 Å². The molecule has 2 N–H and O–H groups in total. The number of carbonyl (C=O) groups is 1. The van der Waals surface area contributed by atoms with Crippen molar-refractivity contribution in [1.29, 1.82) is 0 Å². The molecule has 5 nitrogen and oxygen atoms in total. The van der Waals surface area contributed by atoms with Crippen molar-refractivity contribution in [3.63, 3.8) is 0 Å². The average Bonchev–Trinajstić information content (AvgIpc) is 2.81. The summed E-state index contributed by atoms with van der Waals surface area (Å²) in [5.41, 5.74) is 6.48. The van der Waals surface area contributed by atoms with Crippen molar-refractivity contribution < 1.29 is 4.79 Å². The van der Waals surface area contributed by atoms with Crippen LogP contribution >= 0.6 is 11.8 Å². The van der Waals surface area contributed by atoms with E-state index in [1.165, 1.54) is 17.3 Å². The zero-order valence-electron chi connectivity index (χ0n) is 11.6. The van der Waals surface area contributed by atoms with E-state index in [1.54, 1.807) is 6.92 Å². The molecule has 0 fully saturated rings. The molecule has 106 valence electrons. The van der Waals surface area contributed by atoms with Crippen LogP contribution in [0.4, 0.5) is 0 Å². The number of primary amides is 1. The summed E-state index contributed by atoms with van der Waals surface area (Å²) in [5, 5.41) is 8.84. The first-order valence-corrected chi connectivity index (χ1v) is 7.41. The fourth-order valence-electron chi connectivity index (χ4n) is 1.85. The monoisotopic (exact) mass is 290 g/mol. The molecule has 1 amide bonds. The summed E-state index contributed by atoms with van der Waals surface area (Å²) in [6, 6.07) is 10.1. The van der Waals surface area contributed by atoms with Crippen LogP contribution in [-0.4, -0.2) is 25.9 Å². The van der Waals surface area contributed by atoms with Crippen molar-refractivity contribution in [2.24, 2.45) is 5.73 Å². The predicted molar refractivity (Wildman–Crippen MR) is 79.5 cm³/mol. The Labute approximate surface area is 122 Å². The van der Waals surface area contributed by atoms with E-state index in [1.807, 2.05) is 29.7 Å². The fourth-order valence-corrected chi connectivity index (χ4v) is 2.73. The number of thioether (sulfide) groups is 1. The van der Waals surface area contributed by atoms with Crippen LogP contribution in [0.15, 0.2) is 35.5 Å². The van der Waals surface area contributed by atoms with Crippen LogP contribution in [0.3, 0.4) is 0 Å². The lowest BCUT2D eigenvalue weighted by atomic mass is 10.1. The van der Waals surface area contributed by atoms with Gasteiger partial charge >= 0.3 is 0 Å². The number of amides is 1. The second kappa shape index (κ2) is 6.56. The Morgan fingerprint density at radius 1 is 1.35 bits per heavy atom. The van der Waals surface area contributed by atoms with Gasteiger partial charge in [-0.25, -0.2) is 0 Å². The molecule has 0 spiro atoms. The lowest BCUT2D eigenvalue weighted by Gasteiger charge is -2.09. The van der Waals surface area contributed by atoms with Crippen LogP contribution in [0.1, 0.15) is 25.2 Å². The van der Waals surface area contributed by atoms with E-state index in [-0.39, 0.29) is 11.2 Å².